The summed E-state index contributed by atoms with van der Waals surface area (Å²) in [6, 6.07) is 3.75. The van der Waals surface area contributed by atoms with Crippen LogP contribution < -0.4 is 5.32 Å². The SMILES string of the molecule is CCNC(Cc1cc(F)ccc1F)CC1(OC)CCC1. The second kappa shape index (κ2) is 6.64. The quantitative estimate of drug-likeness (QED) is 0.827. The molecule has 1 aliphatic carbocycles. The molecule has 0 heterocycles. The number of hydrogen-bond donors (Lipinski definition) is 1. The molecule has 112 valence electrons. The summed E-state index contributed by atoms with van der Waals surface area (Å²) in [6.45, 7) is 2.83. The lowest BCUT2D eigenvalue weighted by Gasteiger charge is -2.43. The summed E-state index contributed by atoms with van der Waals surface area (Å²) in [7, 11) is 1.74. The van der Waals surface area contributed by atoms with Crippen molar-refractivity contribution < 1.29 is 13.5 Å². The second-order valence-corrected chi connectivity index (χ2v) is 5.64. The van der Waals surface area contributed by atoms with Crippen LogP contribution in [0.1, 0.15) is 38.2 Å². The normalized spacial score (nSPS) is 18.6. The number of hydrogen-bond acceptors (Lipinski definition) is 2. The van der Waals surface area contributed by atoms with Crippen molar-refractivity contribution in [3.63, 3.8) is 0 Å². The number of likely N-dealkylation sites (N-methyl/N-ethyl adjacent to an activating group) is 1. The Kier molecular flexibility index (Phi) is 5.11. The zero-order chi connectivity index (χ0) is 14.6. The Labute approximate surface area is 119 Å². The molecule has 0 spiro atoms. The third kappa shape index (κ3) is 3.55. The lowest BCUT2D eigenvalue weighted by atomic mass is 9.75. The second-order valence-electron chi connectivity index (χ2n) is 5.64. The maximum absolute atomic E-state index is 13.8. The van der Waals surface area contributed by atoms with Gasteiger partial charge in [0.1, 0.15) is 11.6 Å². The first kappa shape index (κ1) is 15.4. The summed E-state index contributed by atoms with van der Waals surface area (Å²) in [5, 5.41) is 3.37. The molecule has 2 rings (SSSR count). The molecule has 1 N–H and O–H groups in total. The molecule has 1 atom stereocenters. The zero-order valence-corrected chi connectivity index (χ0v) is 12.2. The van der Waals surface area contributed by atoms with E-state index in [1.807, 2.05) is 6.92 Å². The standard InChI is InChI=1S/C16H23F2NO/c1-3-19-14(11-16(20-2)7-4-8-16)10-12-9-13(17)5-6-15(12)18/h5-6,9,14,19H,3-4,7-8,10-11H2,1-2H3. The zero-order valence-electron chi connectivity index (χ0n) is 12.2. The van der Waals surface area contributed by atoms with Gasteiger partial charge in [-0.05, 0) is 62.4 Å². The highest BCUT2D eigenvalue weighted by atomic mass is 19.1. The van der Waals surface area contributed by atoms with E-state index in [1.165, 1.54) is 18.6 Å². The summed E-state index contributed by atoms with van der Waals surface area (Å²) in [4.78, 5) is 0. The molecule has 1 aromatic rings. The summed E-state index contributed by atoms with van der Waals surface area (Å²) in [5.74, 6) is -0.726. The van der Waals surface area contributed by atoms with Crippen molar-refractivity contribution in [2.24, 2.45) is 0 Å². The van der Waals surface area contributed by atoms with Crippen LogP contribution in [0.5, 0.6) is 0 Å². The van der Waals surface area contributed by atoms with Crippen LogP contribution in [0.25, 0.3) is 0 Å². The van der Waals surface area contributed by atoms with E-state index in [9.17, 15) is 8.78 Å². The number of halogens is 2. The van der Waals surface area contributed by atoms with Gasteiger partial charge in [-0.15, -0.1) is 0 Å². The van der Waals surface area contributed by atoms with Gasteiger partial charge in [-0.1, -0.05) is 6.92 Å². The number of rotatable bonds is 7. The van der Waals surface area contributed by atoms with E-state index in [1.54, 1.807) is 7.11 Å². The van der Waals surface area contributed by atoms with Crippen molar-refractivity contribution in [2.45, 2.75) is 50.7 Å². The van der Waals surface area contributed by atoms with Crippen LogP contribution in [-0.4, -0.2) is 25.3 Å². The number of ether oxygens (including phenoxy) is 1. The van der Waals surface area contributed by atoms with Crippen LogP contribution >= 0.6 is 0 Å². The Morgan fingerprint density at radius 3 is 2.65 bits per heavy atom. The van der Waals surface area contributed by atoms with Gasteiger partial charge in [0.2, 0.25) is 0 Å². The molecule has 0 radical (unpaired) electrons. The van der Waals surface area contributed by atoms with Crippen LogP contribution in [0.3, 0.4) is 0 Å². The van der Waals surface area contributed by atoms with Crippen LogP contribution in [0.15, 0.2) is 18.2 Å². The number of nitrogens with one attached hydrogen (secondary N) is 1. The molecule has 0 aromatic heterocycles. The molecule has 0 amide bonds. The summed E-state index contributed by atoms with van der Waals surface area (Å²) >= 11 is 0. The van der Waals surface area contributed by atoms with E-state index >= 15 is 0 Å². The highest BCUT2D eigenvalue weighted by molar-refractivity contribution is 5.20. The summed E-state index contributed by atoms with van der Waals surface area (Å²) < 4.78 is 32.6. The van der Waals surface area contributed by atoms with Crippen molar-refractivity contribution >= 4 is 0 Å². The smallest absolute Gasteiger partial charge is 0.126 e. The molecule has 2 nitrogen and oxygen atoms in total. The summed E-state index contributed by atoms with van der Waals surface area (Å²) in [5.41, 5.74) is 0.359. The lowest BCUT2D eigenvalue weighted by Crippen LogP contribution is -2.46. The molecule has 1 fully saturated rings. The Hall–Kier alpha value is -1.00. The first-order valence-corrected chi connectivity index (χ1v) is 7.31. The van der Waals surface area contributed by atoms with Gasteiger partial charge in [-0.3, -0.25) is 0 Å². The molecule has 4 heteroatoms. The number of methoxy groups -OCH3 is 1. The van der Waals surface area contributed by atoms with Gasteiger partial charge in [-0.25, -0.2) is 8.78 Å². The average Bonchev–Trinajstić information content (AvgIpc) is 2.38. The third-order valence-corrected chi connectivity index (χ3v) is 4.28. The maximum atomic E-state index is 13.8. The Morgan fingerprint density at radius 2 is 2.10 bits per heavy atom. The molecule has 0 saturated heterocycles. The Balaban J connectivity index is 2.06. The average molecular weight is 283 g/mol. The van der Waals surface area contributed by atoms with Gasteiger partial charge >= 0.3 is 0 Å². The Bertz CT molecular complexity index is 441. The van der Waals surface area contributed by atoms with Crippen molar-refractivity contribution in [2.75, 3.05) is 13.7 Å². The van der Waals surface area contributed by atoms with Crippen LogP contribution in [0.2, 0.25) is 0 Å². The van der Waals surface area contributed by atoms with Crippen molar-refractivity contribution in [1.29, 1.82) is 0 Å². The predicted molar refractivity (Wildman–Crippen MR) is 75.7 cm³/mol. The minimum Gasteiger partial charge on any atom is -0.378 e. The van der Waals surface area contributed by atoms with Gasteiger partial charge in [-0.2, -0.15) is 0 Å². The van der Waals surface area contributed by atoms with Gasteiger partial charge in [0.25, 0.3) is 0 Å². The van der Waals surface area contributed by atoms with Crippen molar-refractivity contribution in [3.8, 4) is 0 Å². The van der Waals surface area contributed by atoms with Gasteiger partial charge in [0, 0.05) is 13.2 Å². The van der Waals surface area contributed by atoms with E-state index in [2.05, 4.69) is 5.32 Å². The predicted octanol–water partition coefficient (Wildman–Crippen LogP) is 3.44. The van der Waals surface area contributed by atoms with Gasteiger partial charge in [0.15, 0.2) is 0 Å². The van der Waals surface area contributed by atoms with Crippen molar-refractivity contribution in [3.05, 3.63) is 35.4 Å². The minimum atomic E-state index is -0.387. The molecular formula is C16H23F2NO. The van der Waals surface area contributed by atoms with E-state index in [-0.39, 0.29) is 23.3 Å². The molecule has 1 saturated carbocycles. The first-order chi connectivity index (χ1) is 9.58. The monoisotopic (exact) mass is 283 g/mol. The fourth-order valence-electron chi connectivity index (χ4n) is 2.98. The first-order valence-electron chi connectivity index (χ1n) is 7.31. The molecule has 0 aliphatic heterocycles. The molecule has 1 unspecified atom stereocenters. The largest absolute Gasteiger partial charge is 0.378 e. The topological polar surface area (TPSA) is 21.3 Å². The van der Waals surface area contributed by atoms with E-state index in [4.69, 9.17) is 4.74 Å². The molecule has 20 heavy (non-hydrogen) atoms. The van der Waals surface area contributed by atoms with Gasteiger partial charge < -0.3 is 10.1 Å². The minimum absolute atomic E-state index is 0.0728. The van der Waals surface area contributed by atoms with Crippen LogP contribution in [0.4, 0.5) is 8.78 Å². The molecule has 0 bridgehead atoms. The van der Waals surface area contributed by atoms with Gasteiger partial charge in [0.05, 0.1) is 5.60 Å². The van der Waals surface area contributed by atoms with Crippen molar-refractivity contribution in [1.82, 2.24) is 5.32 Å². The maximum Gasteiger partial charge on any atom is 0.126 e. The molecular weight excluding hydrogens is 260 g/mol. The highest BCUT2D eigenvalue weighted by Gasteiger charge is 2.38. The lowest BCUT2D eigenvalue weighted by molar-refractivity contribution is -0.0833. The Morgan fingerprint density at radius 1 is 1.35 bits per heavy atom. The van der Waals surface area contributed by atoms with Crippen LogP contribution in [-0.2, 0) is 11.2 Å². The van der Waals surface area contributed by atoms with Crippen LogP contribution in [0, 0.1) is 11.6 Å². The summed E-state index contributed by atoms with van der Waals surface area (Å²) in [6.07, 6.45) is 4.62. The number of benzene rings is 1. The highest BCUT2D eigenvalue weighted by Crippen LogP contribution is 2.39. The fraction of sp³-hybridized carbons (Fsp3) is 0.625. The van der Waals surface area contributed by atoms with E-state index in [0.29, 0.717) is 12.0 Å². The van der Waals surface area contributed by atoms with E-state index in [0.717, 1.165) is 31.9 Å². The van der Waals surface area contributed by atoms with E-state index < -0.39 is 0 Å². The molecule has 1 aliphatic rings. The third-order valence-electron chi connectivity index (χ3n) is 4.28. The fourth-order valence-corrected chi connectivity index (χ4v) is 2.98. The molecule has 1 aromatic carbocycles.